The summed E-state index contributed by atoms with van der Waals surface area (Å²) in [5.41, 5.74) is 0.520. The molecule has 0 saturated heterocycles. The summed E-state index contributed by atoms with van der Waals surface area (Å²) in [4.78, 5) is 10.9. The molecule has 1 rings (SSSR count). The molecule has 5 heteroatoms. The van der Waals surface area contributed by atoms with E-state index in [0.717, 1.165) is 0 Å². The van der Waals surface area contributed by atoms with Crippen molar-refractivity contribution < 1.29 is 18.7 Å². The fraction of sp³-hybridized carbons (Fsp3) is 0.500. The first-order valence-corrected chi connectivity index (χ1v) is 4.68. The number of alkyl halides is 1. The highest BCUT2D eigenvalue weighted by Gasteiger charge is 2.25. The van der Waals surface area contributed by atoms with Crippen LogP contribution in [0.2, 0.25) is 0 Å². The molecule has 1 heterocycles. The molecule has 0 amide bonds. The summed E-state index contributed by atoms with van der Waals surface area (Å²) < 4.78 is 22.7. The van der Waals surface area contributed by atoms with Crippen molar-refractivity contribution in [2.75, 3.05) is 13.2 Å². The molecule has 0 bridgehead atoms. The molecular formula is C10H14FNO3. The van der Waals surface area contributed by atoms with Crippen molar-refractivity contribution in [3.8, 4) is 0 Å². The van der Waals surface area contributed by atoms with Gasteiger partial charge in [-0.15, -0.1) is 0 Å². The Balaban J connectivity index is 2.29. The third-order valence-electron chi connectivity index (χ3n) is 1.92. The molecule has 2 atom stereocenters. The van der Waals surface area contributed by atoms with Crippen LogP contribution in [0, 0.1) is 5.92 Å². The van der Waals surface area contributed by atoms with E-state index in [9.17, 15) is 9.18 Å². The minimum atomic E-state index is -1.58. The molecule has 15 heavy (non-hydrogen) atoms. The van der Waals surface area contributed by atoms with Crippen LogP contribution in [0.15, 0.2) is 24.6 Å². The summed E-state index contributed by atoms with van der Waals surface area (Å²) in [5.74, 6) is -1.11. The van der Waals surface area contributed by atoms with Crippen LogP contribution in [-0.4, -0.2) is 25.5 Å². The highest BCUT2D eigenvalue weighted by Crippen LogP contribution is 2.21. The maximum absolute atomic E-state index is 13.4. The molecular weight excluding hydrogens is 201 g/mol. The van der Waals surface area contributed by atoms with Gasteiger partial charge in [0, 0.05) is 5.70 Å². The Hall–Kier alpha value is -1.36. The lowest BCUT2D eigenvalue weighted by molar-refractivity contribution is -0.156. The number of nitrogens with one attached hydrogen (secondary N) is 1. The maximum atomic E-state index is 13.4. The summed E-state index contributed by atoms with van der Waals surface area (Å²) in [6, 6.07) is 0. The third-order valence-corrected chi connectivity index (χ3v) is 1.92. The Morgan fingerprint density at radius 3 is 3.07 bits per heavy atom. The van der Waals surface area contributed by atoms with Gasteiger partial charge in [0.05, 0.1) is 12.5 Å². The van der Waals surface area contributed by atoms with Crippen LogP contribution < -0.4 is 5.32 Å². The lowest BCUT2D eigenvalue weighted by Gasteiger charge is -2.15. The van der Waals surface area contributed by atoms with E-state index in [2.05, 4.69) is 16.6 Å². The fourth-order valence-corrected chi connectivity index (χ4v) is 1.17. The Bertz CT molecular complexity index is 278. The number of esters is 1. The molecule has 84 valence electrons. The summed E-state index contributed by atoms with van der Waals surface area (Å²) in [7, 11) is 0. The highest BCUT2D eigenvalue weighted by molar-refractivity contribution is 5.70. The highest BCUT2D eigenvalue weighted by atomic mass is 19.1. The van der Waals surface area contributed by atoms with Crippen molar-refractivity contribution in [2.24, 2.45) is 5.92 Å². The monoisotopic (exact) mass is 215 g/mol. The van der Waals surface area contributed by atoms with Gasteiger partial charge in [0.25, 0.3) is 0 Å². The summed E-state index contributed by atoms with van der Waals surface area (Å²) in [6.07, 6.45) is 1.61. The molecule has 2 unspecified atom stereocenters. The van der Waals surface area contributed by atoms with Gasteiger partial charge in [-0.2, -0.15) is 0 Å². The van der Waals surface area contributed by atoms with E-state index in [4.69, 9.17) is 4.74 Å². The SMILES string of the molecule is C=C1NC=CC1C(F)OCC(=O)OCC. The van der Waals surface area contributed by atoms with Crippen LogP contribution in [0.4, 0.5) is 4.39 Å². The zero-order chi connectivity index (χ0) is 11.3. The van der Waals surface area contributed by atoms with Gasteiger partial charge >= 0.3 is 5.97 Å². The number of ether oxygens (including phenoxy) is 2. The number of carbonyl (C=O) groups excluding carboxylic acids is 1. The van der Waals surface area contributed by atoms with E-state index in [0.29, 0.717) is 5.70 Å². The maximum Gasteiger partial charge on any atom is 0.332 e. The molecule has 0 fully saturated rings. The number of halogens is 1. The number of carbonyl (C=O) groups is 1. The third kappa shape index (κ3) is 3.36. The fourth-order valence-electron chi connectivity index (χ4n) is 1.17. The number of hydrogen-bond donors (Lipinski definition) is 1. The second kappa shape index (κ2) is 5.50. The molecule has 0 spiro atoms. The molecule has 0 aromatic carbocycles. The van der Waals surface area contributed by atoms with Gasteiger partial charge in [-0.05, 0) is 13.1 Å². The first-order chi connectivity index (χ1) is 7.15. The average Bonchev–Trinajstić information content (AvgIpc) is 2.61. The Morgan fingerprint density at radius 1 is 1.80 bits per heavy atom. The minimum absolute atomic E-state index is 0.261. The van der Waals surface area contributed by atoms with Crippen molar-refractivity contribution in [3.63, 3.8) is 0 Å². The van der Waals surface area contributed by atoms with Gasteiger partial charge in [-0.3, -0.25) is 0 Å². The van der Waals surface area contributed by atoms with Crippen LogP contribution in [0.5, 0.6) is 0 Å². The van der Waals surface area contributed by atoms with Crippen molar-refractivity contribution in [3.05, 3.63) is 24.6 Å². The van der Waals surface area contributed by atoms with Crippen LogP contribution in [0.1, 0.15) is 6.92 Å². The molecule has 0 aromatic rings. The Morgan fingerprint density at radius 2 is 2.53 bits per heavy atom. The minimum Gasteiger partial charge on any atom is -0.464 e. The van der Waals surface area contributed by atoms with Crippen molar-refractivity contribution in [1.29, 1.82) is 0 Å². The van der Waals surface area contributed by atoms with Gasteiger partial charge in [0.2, 0.25) is 6.36 Å². The predicted molar refractivity (Wildman–Crippen MR) is 52.4 cm³/mol. The van der Waals surface area contributed by atoms with Crippen LogP contribution in [0.3, 0.4) is 0 Å². The first kappa shape index (κ1) is 11.7. The lowest BCUT2D eigenvalue weighted by atomic mass is 10.1. The lowest BCUT2D eigenvalue weighted by Crippen LogP contribution is -2.24. The van der Waals surface area contributed by atoms with E-state index in [1.54, 1.807) is 19.2 Å². The van der Waals surface area contributed by atoms with Crippen LogP contribution >= 0.6 is 0 Å². The first-order valence-electron chi connectivity index (χ1n) is 4.68. The van der Waals surface area contributed by atoms with Gasteiger partial charge < -0.3 is 14.8 Å². The molecule has 0 aromatic heterocycles. The van der Waals surface area contributed by atoms with Crippen LogP contribution in [-0.2, 0) is 14.3 Å². The zero-order valence-electron chi connectivity index (χ0n) is 8.53. The molecule has 1 aliphatic rings. The molecule has 0 aliphatic carbocycles. The molecule has 0 radical (unpaired) electrons. The molecule has 4 nitrogen and oxygen atoms in total. The Kier molecular flexibility index (Phi) is 4.30. The summed E-state index contributed by atoms with van der Waals surface area (Å²) in [6.45, 7) is 5.17. The topological polar surface area (TPSA) is 47.6 Å². The van der Waals surface area contributed by atoms with Crippen LogP contribution in [0.25, 0.3) is 0 Å². The molecule has 1 aliphatic heterocycles. The second-order valence-electron chi connectivity index (χ2n) is 3.02. The molecule has 0 saturated carbocycles. The van der Waals surface area contributed by atoms with E-state index in [-0.39, 0.29) is 13.2 Å². The van der Waals surface area contributed by atoms with E-state index in [1.807, 2.05) is 0 Å². The van der Waals surface area contributed by atoms with E-state index < -0.39 is 18.2 Å². The largest absolute Gasteiger partial charge is 0.464 e. The summed E-state index contributed by atoms with van der Waals surface area (Å²) >= 11 is 0. The van der Waals surface area contributed by atoms with E-state index in [1.165, 1.54) is 0 Å². The smallest absolute Gasteiger partial charge is 0.332 e. The summed E-state index contributed by atoms with van der Waals surface area (Å²) in [5, 5.41) is 2.75. The van der Waals surface area contributed by atoms with Crippen molar-refractivity contribution in [2.45, 2.75) is 13.3 Å². The van der Waals surface area contributed by atoms with E-state index >= 15 is 0 Å². The number of rotatable bonds is 5. The molecule has 1 N–H and O–H groups in total. The van der Waals surface area contributed by atoms with Gasteiger partial charge in [0.15, 0.2) is 0 Å². The number of hydrogen-bond acceptors (Lipinski definition) is 4. The van der Waals surface area contributed by atoms with Crippen molar-refractivity contribution >= 4 is 5.97 Å². The second-order valence-corrected chi connectivity index (χ2v) is 3.02. The standard InChI is InChI=1S/C10H14FNO3/c1-3-14-9(13)6-15-10(11)8-4-5-12-7(8)2/h4-5,8,10,12H,2-3,6H2,1H3. The predicted octanol–water partition coefficient (Wildman–Crippen LogP) is 1.11. The van der Waals surface area contributed by atoms with Gasteiger partial charge in [-0.25, -0.2) is 9.18 Å². The Labute approximate surface area is 87.7 Å². The zero-order valence-corrected chi connectivity index (χ0v) is 8.53. The van der Waals surface area contributed by atoms with Crippen molar-refractivity contribution in [1.82, 2.24) is 5.32 Å². The average molecular weight is 215 g/mol. The quantitative estimate of drug-likeness (QED) is 0.698. The van der Waals surface area contributed by atoms with Gasteiger partial charge in [0.1, 0.15) is 6.61 Å². The van der Waals surface area contributed by atoms with Gasteiger partial charge in [-0.1, -0.05) is 12.7 Å². The normalized spacial score (nSPS) is 21.2.